The number of esters is 1. The summed E-state index contributed by atoms with van der Waals surface area (Å²) in [5.74, 6) is -0.0409. The minimum Gasteiger partial charge on any atom is -0.466 e. The molecule has 35 heavy (non-hydrogen) atoms. The van der Waals surface area contributed by atoms with Gasteiger partial charge in [-0.3, -0.25) is 9.52 Å². The third-order valence-electron chi connectivity index (χ3n) is 5.41. The quantitative estimate of drug-likeness (QED) is 0.317. The van der Waals surface area contributed by atoms with Crippen molar-refractivity contribution in [3.05, 3.63) is 95.7 Å². The highest BCUT2D eigenvalue weighted by Gasteiger charge is 2.21. The molecule has 0 amide bonds. The predicted octanol–water partition coefficient (Wildman–Crippen LogP) is 5.36. The average Bonchev–Trinajstić information content (AvgIpc) is 3.19. The van der Waals surface area contributed by atoms with E-state index in [2.05, 4.69) is 9.88 Å². The normalized spacial score (nSPS) is 11.3. The number of nitrogens with zero attached hydrogens (tertiary/aromatic N) is 1. The fourth-order valence-electron chi connectivity index (χ4n) is 3.68. The monoisotopic (exact) mass is 490 g/mol. The Balaban J connectivity index is 1.51. The number of hydrogen-bond donors (Lipinski definition) is 1. The van der Waals surface area contributed by atoms with Gasteiger partial charge in [0.15, 0.2) is 5.76 Å². The Morgan fingerprint density at radius 2 is 1.49 bits per heavy atom. The highest BCUT2D eigenvalue weighted by atomic mass is 32.2. The van der Waals surface area contributed by atoms with E-state index in [4.69, 9.17) is 9.26 Å². The van der Waals surface area contributed by atoms with Gasteiger partial charge in [0.1, 0.15) is 11.4 Å². The minimum atomic E-state index is -3.66. The lowest BCUT2D eigenvalue weighted by Gasteiger charge is -2.09. The van der Waals surface area contributed by atoms with Crippen LogP contribution in [0, 0.1) is 6.92 Å². The van der Waals surface area contributed by atoms with Crippen LogP contribution in [0.1, 0.15) is 23.7 Å². The van der Waals surface area contributed by atoms with Gasteiger partial charge in [0.2, 0.25) is 10.0 Å². The predicted molar refractivity (Wildman–Crippen MR) is 135 cm³/mol. The van der Waals surface area contributed by atoms with Crippen molar-refractivity contribution in [2.45, 2.75) is 26.0 Å². The first-order valence-corrected chi connectivity index (χ1v) is 12.9. The fourth-order valence-corrected chi connectivity index (χ4v) is 4.93. The molecule has 180 valence electrons. The number of hydrogen-bond acceptors (Lipinski definition) is 6. The second kappa shape index (κ2) is 10.6. The number of aromatic nitrogens is 1. The van der Waals surface area contributed by atoms with E-state index in [0.717, 1.165) is 16.7 Å². The van der Waals surface area contributed by atoms with Crippen LogP contribution in [0.5, 0.6) is 0 Å². The van der Waals surface area contributed by atoms with E-state index in [0.29, 0.717) is 34.9 Å². The lowest BCUT2D eigenvalue weighted by atomic mass is 10.0. The van der Waals surface area contributed by atoms with Crippen molar-refractivity contribution in [3.63, 3.8) is 0 Å². The lowest BCUT2D eigenvalue weighted by molar-refractivity contribution is -0.142. The summed E-state index contributed by atoms with van der Waals surface area (Å²) in [5, 5.41) is 3.97. The van der Waals surface area contributed by atoms with Crippen LogP contribution < -0.4 is 4.72 Å². The minimum absolute atomic E-state index is 0.150. The van der Waals surface area contributed by atoms with Crippen molar-refractivity contribution in [1.29, 1.82) is 0 Å². The Labute approximate surface area is 204 Å². The zero-order valence-corrected chi connectivity index (χ0v) is 20.3. The molecular formula is C27H26N2O5S. The second-order valence-electron chi connectivity index (χ2n) is 8.07. The van der Waals surface area contributed by atoms with Crippen molar-refractivity contribution in [2.24, 2.45) is 0 Å². The number of carbonyl (C=O) groups is 1. The van der Waals surface area contributed by atoms with Gasteiger partial charge >= 0.3 is 5.97 Å². The maximum atomic E-state index is 12.8. The highest BCUT2D eigenvalue weighted by Crippen LogP contribution is 2.33. The van der Waals surface area contributed by atoms with Crippen LogP contribution in [-0.4, -0.2) is 26.2 Å². The first-order valence-electron chi connectivity index (χ1n) is 11.2. The molecule has 0 bridgehead atoms. The van der Waals surface area contributed by atoms with E-state index >= 15 is 0 Å². The Hall–Kier alpha value is -3.91. The number of benzene rings is 3. The molecule has 8 heteroatoms. The summed E-state index contributed by atoms with van der Waals surface area (Å²) in [6.45, 7) is 3.84. The number of ether oxygens (including phenoxy) is 1. The molecule has 1 heterocycles. The van der Waals surface area contributed by atoms with Gasteiger partial charge in [-0.15, -0.1) is 0 Å². The largest absolute Gasteiger partial charge is 0.466 e. The standard InChI is InChI=1S/C27H26N2O5S/c1-3-33-25(30)17-20-9-11-22(12-10-20)23-13-15-24(16-14-23)27-26(19(2)28-34-27)29-35(31,32)18-21-7-5-4-6-8-21/h4-16,29H,3,17-18H2,1-2H3. The van der Waals surface area contributed by atoms with Crippen LogP contribution in [0.2, 0.25) is 0 Å². The van der Waals surface area contributed by atoms with E-state index in [9.17, 15) is 13.2 Å². The molecule has 0 radical (unpaired) electrons. The Morgan fingerprint density at radius 3 is 2.11 bits per heavy atom. The third-order valence-corrected chi connectivity index (χ3v) is 6.64. The first kappa shape index (κ1) is 24.2. The second-order valence-corrected chi connectivity index (χ2v) is 9.80. The fraction of sp³-hybridized carbons (Fsp3) is 0.185. The molecular weight excluding hydrogens is 464 g/mol. The number of aryl methyl sites for hydroxylation is 1. The molecule has 0 unspecified atom stereocenters. The molecule has 1 aromatic heterocycles. The Morgan fingerprint density at radius 1 is 0.886 bits per heavy atom. The number of carbonyl (C=O) groups excluding carboxylic acids is 1. The van der Waals surface area contributed by atoms with Crippen LogP contribution in [0.25, 0.3) is 22.5 Å². The number of sulfonamides is 1. The molecule has 0 saturated carbocycles. The van der Waals surface area contributed by atoms with Crippen molar-refractivity contribution < 1.29 is 22.5 Å². The van der Waals surface area contributed by atoms with Crippen LogP contribution in [-0.2, 0) is 31.7 Å². The SMILES string of the molecule is CCOC(=O)Cc1ccc(-c2ccc(-c3onc(C)c3NS(=O)(=O)Cc3ccccc3)cc2)cc1. The summed E-state index contributed by atoms with van der Waals surface area (Å²) in [5.41, 5.74) is 5.02. The summed E-state index contributed by atoms with van der Waals surface area (Å²) in [4.78, 5) is 11.7. The highest BCUT2D eigenvalue weighted by molar-refractivity contribution is 7.91. The molecule has 0 aliphatic rings. The van der Waals surface area contributed by atoms with Gasteiger partial charge in [-0.25, -0.2) is 8.42 Å². The molecule has 0 aliphatic heterocycles. The molecule has 3 aromatic carbocycles. The Bertz CT molecular complexity index is 1390. The maximum absolute atomic E-state index is 12.8. The molecule has 1 N–H and O–H groups in total. The van der Waals surface area contributed by atoms with Crippen molar-refractivity contribution in [2.75, 3.05) is 11.3 Å². The molecule has 7 nitrogen and oxygen atoms in total. The zero-order valence-electron chi connectivity index (χ0n) is 19.5. The molecule has 4 rings (SSSR count). The van der Waals surface area contributed by atoms with E-state index in [1.54, 1.807) is 38.1 Å². The van der Waals surface area contributed by atoms with E-state index < -0.39 is 10.0 Å². The van der Waals surface area contributed by atoms with Gasteiger partial charge < -0.3 is 9.26 Å². The first-order chi connectivity index (χ1) is 16.8. The van der Waals surface area contributed by atoms with Gasteiger partial charge in [0.05, 0.1) is 18.8 Å². The summed E-state index contributed by atoms with van der Waals surface area (Å²) in [6, 6.07) is 24.3. The molecule has 0 spiro atoms. The van der Waals surface area contributed by atoms with Gasteiger partial charge in [-0.1, -0.05) is 84.0 Å². The van der Waals surface area contributed by atoms with Crippen LogP contribution in [0.15, 0.2) is 83.4 Å². The zero-order chi connectivity index (χ0) is 24.8. The summed E-state index contributed by atoms with van der Waals surface area (Å²) in [7, 11) is -3.66. The molecule has 0 saturated heterocycles. The third kappa shape index (κ3) is 6.16. The summed E-state index contributed by atoms with van der Waals surface area (Å²) < 4.78 is 38.6. The summed E-state index contributed by atoms with van der Waals surface area (Å²) in [6.07, 6.45) is 0.237. The molecule has 4 aromatic rings. The van der Waals surface area contributed by atoms with Crippen LogP contribution >= 0.6 is 0 Å². The molecule has 0 aliphatic carbocycles. The van der Waals surface area contributed by atoms with E-state index in [-0.39, 0.29) is 18.1 Å². The van der Waals surface area contributed by atoms with Gasteiger partial charge in [-0.2, -0.15) is 0 Å². The average molecular weight is 491 g/mol. The number of rotatable bonds is 9. The maximum Gasteiger partial charge on any atom is 0.310 e. The lowest BCUT2D eigenvalue weighted by Crippen LogP contribution is -2.15. The van der Waals surface area contributed by atoms with Gasteiger partial charge in [0, 0.05) is 5.56 Å². The van der Waals surface area contributed by atoms with Gasteiger partial charge in [-0.05, 0) is 36.1 Å². The number of nitrogens with one attached hydrogen (secondary N) is 1. The van der Waals surface area contributed by atoms with E-state index in [1.807, 2.05) is 54.6 Å². The van der Waals surface area contributed by atoms with Crippen molar-refractivity contribution in [3.8, 4) is 22.5 Å². The van der Waals surface area contributed by atoms with Gasteiger partial charge in [0.25, 0.3) is 0 Å². The van der Waals surface area contributed by atoms with Crippen LogP contribution in [0.3, 0.4) is 0 Å². The summed E-state index contributed by atoms with van der Waals surface area (Å²) >= 11 is 0. The van der Waals surface area contributed by atoms with E-state index in [1.165, 1.54) is 0 Å². The number of anilines is 1. The van der Waals surface area contributed by atoms with Crippen molar-refractivity contribution >= 4 is 21.7 Å². The topological polar surface area (TPSA) is 98.5 Å². The molecule has 0 atom stereocenters. The van der Waals surface area contributed by atoms with Crippen LogP contribution in [0.4, 0.5) is 5.69 Å². The Kier molecular flexibility index (Phi) is 7.31. The van der Waals surface area contributed by atoms with Crippen molar-refractivity contribution in [1.82, 2.24) is 5.16 Å². The molecule has 0 fully saturated rings. The smallest absolute Gasteiger partial charge is 0.310 e.